The molecule has 5 nitrogen and oxygen atoms in total. The van der Waals surface area contributed by atoms with Crippen molar-refractivity contribution >= 4 is 10.0 Å². The van der Waals surface area contributed by atoms with E-state index in [9.17, 15) is 8.42 Å². The Kier molecular flexibility index (Phi) is 5.78. The van der Waals surface area contributed by atoms with Crippen molar-refractivity contribution in [3.05, 3.63) is 23.8 Å². The first kappa shape index (κ1) is 15.9. The summed E-state index contributed by atoms with van der Waals surface area (Å²) in [4.78, 5) is 0.0974. The molecule has 1 N–H and O–H groups in total. The summed E-state index contributed by atoms with van der Waals surface area (Å²) in [5.41, 5.74) is 0.545. The van der Waals surface area contributed by atoms with Crippen LogP contribution < -0.4 is 4.74 Å². The van der Waals surface area contributed by atoms with Crippen molar-refractivity contribution < 1.29 is 18.3 Å². The monoisotopic (exact) mass is 287 g/mol. The van der Waals surface area contributed by atoms with Crippen molar-refractivity contribution in [2.45, 2.75) is 31.3 Å². The molecule has 6 heteroatoms. The van der Waals surface area contributed by atoms with E-state index in [1.807, 2.05) is 6.92 Å². The van der Waals surface area contributed by atoms with Crippen LogP contribution in [0.1, 0.15) is 25.3 Å². The average molecular weight is 287 g/mol. The Balaban J connectivity index is 3.18. The summed E-state index contributed by atoms with van der Waals surface area (Å²) in [5, 5.41) is 9.12. The number of benzene rings is 1. The minimum absolute atomic E-state index is 0.0974. The highest BCUT2D eigenvalue weighted by Crippen LogP contribution is 2.27. The summed E-state index contributed by atoms with van der Waals surface area (Å²) in [6.45, 7) is 2.27. The third kappa shape index (κ3) is 3.68. The molecule has 19 heavy (non-hydrogen) atoms. The van der Waals surface area contributed by atoms with Gasteiger partial charge >= 0.3 is 0 Å². The molecule has 0 saturated carbocycles. The molecular weight excluding hydrogens is 266 g/mol. The normalized spacial score (nSPS) is 11.8. The Hall–Kier alpha value is -1.11. The fourth-order valence-corrected chi connectivity index (χ4v) is 3.10. The zero-order valence-corrected chi connectivity index (χ0v) is 12.4. The predicted molar refractivity (Wildman–Crippen MR) is 73.6 cm³/mol. The Morgan fingerprint density at radius 2 is 2.05 bits per heavy atom. The van der Waals surface area contributed by atoms with Gasteiger partial charge in [-0.05, 0) is 24.1 Å². The molecule has 0 spiro atoms. The van der Waals surface area contributed by atoms with E-state index in [4.69, 9.17) is 9.84 Å². The van der Waals surface area contributed by atoms with Gasteiger partial charge in [0, 0.05) is 13.6 Å². The van der Waals surface area contributed by atoms with Gasteiger partial charge in [0.2, 0.25) is 10.0 Å². The number of ether oxygens (including phenoxy) is 1. The molecule has 0 fully saturated rings. The molecule has 0 atom stereocenters. The fraction of sp³-hybridized carbons (Fsp3) is 0.538. The van der Waals surface area contributed by atoms with Crippen LogP contribution in [-0.2, 0) is 16.6 Å². The largest absolute Gasteiger partial charge is 0.495 e. The lowest BCUT2D eigenvalue weighted by Crippen LogP contribution is -2.28. The minimum Gasteiger partial charge on any atom is -0.495 e. The van der Waals surface area contributed by atoms with Gasteiger partial charge in [-0.15, -0.1) is 0 Å². The van der Waals surface area contributed by atoms with Crippen molar-refractivity contribution in [3.8, 4) is 5.75 Å². The molecule has 1 rings (SSSR count). The fourth-order valence-electron chi connectivity index (χ4n) is 1.69. The summed E-state index contributed by atoms with van der Waals surface area (Å²) in [6.07, 6.45) is 1.73. The number of rotatable bonds is 7. The second-order valence-electron chi connectivity index (χ2n) is 4.32. The highest BCUT2D eigenvalue weighted by Gasteiger charge is 2.24. The van der Waals surface area contributed by atoms with E-state index in [1.165, 1.54) is 17.5 Å². The van der Waals surface area contributed by atoms with Crippen LogP contribution in [-0.4, -0.2) is 38.5 Å². The van der Waals surface area contributed by atoms with Crippen molar-refractivity contribution in [1.29, 1.82) is 0 Å². The van der Waals surface area contributed by atoms with Gasteiger partial charge in [0.05, 0.1) is 13.7 Å². The molecule has 0 aliphatic rings. The van der Waals surface area contributed by atoms with Crippen LogP contribution in [0, 0.1) is 0 Å². The average Bonchev–Trinajstić information content (AvgIpc) is 2.43. The molecule has 1 aromatic carbocycles. The van der Waals surface area contributed by atoms with Crippen LogP contribution in [0.2, 0.25) is 0 Å². The smallest absolute Gasteiger partial charge is 0.246 e. The molecule has 0 aromatic heterocycles. The molecule has 0 bridgehead atoms. The third-order valence-electron chi connectivity index (χ3n) is 2.93. The summed E-state index contributed by atoms with van der Waals surface area (Å²) >= 11 is 0. The van der Waals surface area contributed by atoms with Gasteiger partial charge in [-0.2, -0.15) is 0 Å². The van der Waals surface area contributed by atoms with Crippen molar-refractivity contribution in [3.63, 3.8) is 0 Å². The van der Waals surface area contributed by atoms with E-state index in [2.05, 4.69) is 0 Å². The Morgan fingerprint density at radius 1 is 1.37 bits per heavy atom. The highest BCUT2D eigenvalue weighted by molar-refractivity contribution is 7.89. The molecular formula is C13H21NO4S. The zero-order valence-electron chi connectivity index (χ0n) is 11.6. The first-order valence-electron chi connectivity index (χ1n) is 6.21. The standard InChI is InChI=1S/C13H21NO4S/c1-4-5-8-14(2)19(16,17)13-9-11(10-15)6-7-12(13)18-3/h6-7,9,15H,4-5,8,10H2,1-3H3. The Morgan fingerprint density at radius 3 is 2.58 bits per heavy atom. The Bertz CT molecular complexity index is 513. The van der Waals surface area contributed by atoms with Crippen LogP contribution in [0.25, 0.3) is 0 Å². The molecule has 1 aromatic rings. The van der Waals surface area contributed by atoms with Gasteiger partial charge in [-0.25, -0.2) is 12.7 Å². The molecule has 0 saturated heterocycles. The maximum absolute atomic E-state index is 12.5. The Labute approximate surface area is 114 Å². The molecule has 0 radical (unpaired) electrons. The van der Waals surface area contributed by atoms with Crippen molar-refractivity contribution in [2.24, 2.45) is 0 Å². The zero-order chi connectivity index (χ0) is 14.5. The molecule has 108 valence electrons. The van der Waals surface area contributed by atoms with Crippen LogP contribution in [0.5, 0.6) is 5.75 Å². The molecule has 0 aliphatic heterocycles. The maximum Gasteiger partial charge on any atom is 0.246 e. The van der Waals surface area contributed by atoms with E-state index in [0.29, 0.717) is 17.9 Å². The first-order chi connectivity index (χ1) is 8.97. The van der Waals surface area contributed by atoms with E-state index < -0.39 is 10.0 Å². The summed E-state index contributed by atoms with van der Waals surface area (Å²) < 4.78 is 31.3. The molecule has 0 aliphatic carbocycles. The quantitative estimate of drug-likeness (QED) is 0.827. The first-order valence-corrected chi connectivity index (χ1v) is 7.65. The number of sulfonamides is 1. The summed E-state index contributed by atoms with van der Waals surface area (Å²) in [7, 11) is -0.608. The number of nitrogens with zero attached hydrogens (tertiary/aromatic N) is 1. The number of hydrogen-bond donors (Lipinski definition) is 1. The minimum atomic E-state index is -3.59. The van der Waals surface area contributed by atoms with Gasteiger partial charge in [0.1, 0.15) is 10.6 Å². The lowest BCUT2D eigenvalue weighted by molar-refractivity contribution is 0.281. The van der Waals surface area contributed by atoms with Gasteiger partial charge in [0.15, 0.2) is 0 Å². The van der Waals surface area contributed by atoms with Crippen molar-refractivity contribution in [1.82, 2.24) is 4.31 Å². The van der Waals surface area contributed by atoms with Gasteiger partial charge in [-0.1, -0.05) is 19.4 Å². The SMILES string of the molecule is CCCCN(C)S(=O)(=O)c1cc(CO)ccc1OC. The lowest BCUT2D eigenvalue weighted by Gasteiger charge is -2.19. The van der Waals surface area contributed by atoms with Gasteiger partial charge < -0.3 is 9.84 Å². The van der Waals surface area contributed by atoms with Crippen LogP contribution in [0.15, 0.2) is 23.1 Å². The second-order valence-corrected chi connectivity index (χ2v) is 6.34. The summed E-state index contributed by atoms with van der Waals surface area (Å²) in [5.74, 6) is 0.292. The highest BCUT2D eigenvalue weighted by atomic mass is 32.2. The lowest BCUT2D eigenvalue weighted by atomic mass is 10.2. The van der Waals surface area contributed by atoms with E-state index in [1.54, 1.807) is 19.2 Å². The molecule has 0 unspecified atom stereocenters. The van der Waals surface area contributed by atoms with Crippen LogP contribution >= 0.6 is 0 Å². The van der Waals surface area contributed by atoms with Gasteiger partial charge in [0.25, 0.3) is 0 Å². The van der Waals surface area contributed by atoms with Crippen LogP contribution in [0.4, 0.5) is 0 Å². The third-order valence-corrected chi connectivity index (χ3v) is 4.80. The molecule has 0 amide bonds. The number of hydrogen-bond acceptors (Lipinski definition) is 4. The number of unbranched alkanes of at least 4 members (excludes halogenated alkanes) is 1. The van der Waals surface area contributed by atoms with Gasteiger partial charge in [-0.3, -0.25) is 0 Å². The number of aliphatic hydroxyl groups excluding tert-OH is 1. The maximum atomic E-state index is 12.5. The van der Waals surface area contributed by atoms with E-state index in [0.717, 1.165) is 12.8 Å². The van der Waals surface area contributed by atoms with Crippen LogP contribution in [0.3, 0.4) is 0 Å². The van der Waals surface area contributed by atoms with E-state index >= 15 is 0 Å². The van der Waals surface area contributed by atoms with Crippen molar-refractivity contribution in [2.75, 3.05) is 20.7 Å². The molecule has 0 heterocycles. The second kappa shape index (κ2) is 6.88. The van der Waals surface area contributed by atoms with E-state index in [-0.39, 0.29) is 11.5 Å². The summed E-state index contributed by atoms with van der Waals surface area (Å²) in [6, 6.07) is 4.66. The number of methoxy groups -OCH3 is 1. The topological polar surface area (TPSA) is 66.8 Å². The predicted octanol–water partition coefficient (Wildman–Crippen LogP) is 1.61. The number of aliphatic hydroxyl groups is 1.